The van der Waals surface area contributed by atoms with E-state index < -0.39 is 43.1 Å². The summed E-state index contributed by atoms with van der Waals surface area (Å²) in [5, 5.41) is 40.9. The van der Waals surface area contributed by atoms with Gasteiger partial charge in [-0.15, -0.1) is 0 Å². The molecule has 0 aliphatic carbocycles. The molecule has 0 radical (unpaired) electrons. The van der Waals surface area contributed by atoms with Crippen molar-refractivity contribution in [1.82, 2.24) is 6.15 Å². The molecule has 1 rings (SSSR count). The Balaban J connectivity index is 0.00000289. The lowest BCUT2D eigenvalue weighted by molar-refractivity contribution is -0.405. The van der Waals surface area contributed by atoms with Gasteiger partial charge >= 0.3 is 11.4 Å². The summed E-state index contributed by atoms with van der Waals surface area (Å²) < 4.78 is 0. The number of hydrogen-bond donors (Lipinski definition) is 2. The highest BCUT2D eigenvalue weighted by Gasteiger charge is 2.34. The highest BCUT2D eigenvalue weighted by atomic mass is 16.6. The van der Waals surface area contributed by atoms with Gasteiger partial charge in [-0.1, -0.05) is 0 Å². The summed E-state index contributed by atoms with van der Waals surface area (Å²) >= 11 is 0. The van der Waals surface area contributed by atoms with Gasteiger partial charge in [0.15, 0.2) is 0 Å². The number of phenols is 1. The van der Waals surface area contributed by atoms with Crippen molar-refractivity contribution in [2.45, 2.75) is 6.92 Å². The first kappa shape index (κ1) is 15.2. The molecular formula is C7H9N4O7+. The quantitative estimate of drug-likeness (QED) is 0.612. The molecule has 0 saturated heterocycles. The van der Waals surface area contributed by atoms with Crippen LogP contribution in [-0.2, 0) is 0 Å². The van der Waals surface area contributed by atoms with Crippen LogP contribution in [0.2, 0.25) is 0 Å². The number of hydrogen-bond acceptors (Lipinski definition) is 7. The molecule has 0 bridgehead atoms. The summed E-state index contributed by atoms with van der Waals surface area (Å²) in [5.74, 6) is -1.19. The Morgan fingerprint density at radius 3 is 1.78 bits per heavy atom. The van der Waals surface area contributed by atoms with E-state index in [0.29, 0.717) is 6.07 Å². The molecule has 1 aromatic carbocycles. The van der Waals surface area contributed by atoms with Crippen LogP contribution in [0.4, 0.5) is 17.1 Å². The van der Waals surface area contributed by atoms with Crippen LogP contribution in [0.3, 0.4) is 0 Å². The minimum Gasteiger partial charge on any atom is -0.497 e. The molecule has 0 aliphatic heterocycles. The third-order valence-electron chi connectivity index (χ3n) is 2.06. The number of nitro groups is 3. The zero-order valence-electron chi connectivity index (χ0n) is 9.32. The van der Waals surface area contributed by atoms with Crippen molar-refractivity contribution in [3.05, 3.63) is 42.0 Å². The van der Waals surface area contributed by atoms with Crippen molar-refractivity contribution < 1.29 is 19.9 Å². The summed E-state index contributed by atoms with van der Waals surface area (Å²) in [6.45, 7) is 1.03. The minimum absolute atomic E-state index is 0. The Morgan fingerprint density at radius 1 is 1.00 bits per heavy atom. The van der Waals surface area contributed by atoms with Crippen molar-refractivity contribution in [2.24, 2.45) is 0 Å². The van der Waals surface area contributed by atoms with E-state index in [2.05, 4.69) is 0 Å². The fourth-order valence-electron chi connectivity index (χ4n) is 1.28. The highest BCUT2D eigenvalue weighted by Crippen LogP contribution is 2.42. The van der Waals surface area contributed by atoms with Crippen LogP contribution in [0.5, 0.6) is 5.75 Å². The molecule has 11 nitrogen and oxygen atoms in total. The Labute approximate surface area is 98.7 Å². The molecule has 0 saturated carbocycles. The Bertz CT molecular complexity index is 503. The van der Waals surface area contributed by atoms with Gasteiger partial charge in [0.05, 0.1) is 20.8 Å². The maximum absolute atomic E-state index is 10.6. The molecule has 11 heteroatoms. The fraction of sp³-hybridized carbons (Fsp3) is 0.143. The van der Waals surface area contributed by atoms with Gasteiger partial charge in [0.25, 0.3) is 11.4 Å². The summed E-state index contributed by atoms with van der Waals surface area (Å²) in [6, 6.07) is 0.484. The largest absolute Gasteiger partial charge is 0.497 e. The van der Waals surface area contributed by atoms with Crippen molar-refractivity contribution in [1.29, 1.82) is 0 Å². The van der Waals surface area contributed by atoms with Gasteiger partial charge in [-0.05, 0) is 6.92 Å². The van der Waals surface area contributed by atoms with Gasteiger partial charge in [-0.3, -0.25) is 30.3 Å². The van der Waals surface area contributed by atoms with Crippen molar-refractivity contribution in [2.75, 3.05) is 0 Å². The summed E-state index contributed by atoms with van der Waals surface area (Å²) in [6.07, 6.45) is 0. The maximum Gasteiger partial charge on any atom is 0.327 e. The van der Waals surface area contributed by atoms with E-state index in [1.54, 1.807) is 0 Å². The van der Waals surface area contributed by atoms with Crippen LogP contribution in [0.15, 0.2) is 6.07 Å². The van der Waals surface area contributed by atoms with E-state index in [0.717, 1.165) is 6.92 Å². The molecule has 0 spiro atoms. The molecule has 98 valence electrons. The van der Waals surface area contributed by atoms with Crippen LogP contribution in [0, 0.1) is 37.3 Å². The predicted molar refractivity (Wildman–Crippen MR) is 58.8 cm³/mol. The lowest BCUT2D eigenvalue weighted by Crippen LogP contribution is -2.01. The Hall–Kier alpha value is -2.82. The van der Waals surface area contributed by atoms with E-state index in [9.17, 15) is 35.4 Å². The SMILES string of the molecule is Cc1c([N+](=O)[O-])cc([N+](=O)[O-])c(O)c1[N+](=O)[O-].[NH4+]. The van der Waals surface area contributed by atoms with E-state index in [-0.39, 0.29) is 6.15 Å². The van der Waals surface area contributed by atoms with Gasteiger partial charge in [0, 0.05) is 0 Å². The zero-order valence-corrected chi connectivity index (χ0v) is 9.32. The third-order valence-corrected chi connectivity index (χ3v) is 2.06. The lowest BCUT2D eigenvalue weighted by Gasteiger charge is -2.02. The van der Waals surface area contributed by atoms with E-state index in [4.69, 9.17) is 0 Å². The van der Waals surface area contributed by atoms with E-state index in [1.807, 2.05) is 0 Å². The lowest BCUT2D eigenvalue weighted by atomic mass is 10.1. The zero-order chi connectivity index (χ0) is 13.3. The van der Waals surface area contributed by atoms with Crippen LogP contribution in [-0.4, -0.2) is 19.9 Å². The van der Waals surface area contributed by atoms with Crippen molar-refractivity contribution in [3.8, 4) is 5.75 Å². The number of rotatable bonds is 3. The molecule has 0 aromatic heterocycles. The number of phenolic OH excluding ortho intramolecular Hbond substituents is 1. The first-order valence-corrected chi connectivity index (χ1v) is 4.07. The Morgan fingerprint density at radius 2 is 1.44 bits per heavy atom. The van der Waals surface area contributed by atoms with Gasteiger partial charge in [-0.2, -0.15) is 0 Å². The molecule has 18 heavy (non-hydrogen) atoms. The van der Waals surface area contributed by atoms with Crippen LogP contribution < -0.4 is 6.15 Å². The van der Waals surface area contributed by atoms with Gasteiger partial charge < -0.3 is 11.3 Å². The summed E-state index contributed by atoms with van der Waals surface area (Å²) in [4.78, 5) is 28.4. The van der Waals surface area contributed by atoms with Crippen LogP contribution >= 0.6 is 0 Å². The maximum atomic E-state index is 10.6. The number of benzene rings is 1. The smallest absolute Gasteiger partial charge is 0.327 e. The van der Waals surface area contributed by atoms with Crippen LogP contribution in [0.25, 0.3) is 0 Å². The molecule has 0 atom stereocenters. The molecule has 0 unspecified atom stereocenters. The molecule has 1 aromatic rings. The molecule has 0 fully saturated rings. The second-order valence-electron chi connectivity index (χ2n) is 3.01. The van der Waals surface area contributed by atoms with E-state index in [1.165, 1.54) is 0 Å². The second-order valence-corrected chi connectivity index (χ2v) is 3.01. The second kappa shape index (κ2) is 5.01. The number of aromatic hydroxyl groups is 1. The topological polar surface area (TPSA) is 186 Å². The third kappa shape index (κ3) is 2.30. The van der Waals surface area contributed by atoms with Gasteiger partial charge in [-0.25, -0.2) is 0 Å². The number of nitrogens with zero attached hydrogens (tertiary/aromatic N) is 3. The van der Waals surface area contributed by atoms with Gasteiger partial charge in [0.1, 0.15) is 5.56 Å². The average Bonchev–Trinajstić information content (AvgIpc) is 2.15. The molecular weight excluding hydrogens is 252 g/mol. The summed E-state index contributed by atoms with van der Waals surface area (Å²) in [7, 11) is 0. The molecule has 0 heterocycles. The van der Waals surface area contributed by atoms with E-state index >= 15 is 0 Å². The normalized spacial score (nSPS) is 9.39. The standard InChI is InChI=1S/C7H5N3O7.H3N/c1-3-4(8(12)13)2-5(9(14)15)7(11)6(3)10(16)17;/h2,11H,1H3;1H3/p+1. The van der Waals surface area contributed by atoms with Crippen LogP contribution in [0.1, 0.15) is 5.56 Å². The molecule has 5 N–H and O–H groups in total. The minimum atomic E-state index is -1.19. The number of nitro benzene ring substituents is 3. The van der Waals surface area contributed by atoms with Gasteiger partial charge in [0.2, 0.25) is 0 Å². The summed E-state index contributed by atoms with van der Waals surface area (Å²) in [5.41, 5.74) is -3.34. The first-order chi connectivity index (χ1) is 7.77. The molecule has 0 aliphatic rings. The Kier molecular flexibility index (Phi) is 4.22. The average molecular weight is 261 g/mol. The van der Waals surface area contributed by atoms with Crippen molar-refractivity contribution in [3.63, 3.8) is 0 Å². The highest BCUT2D eigenvalue weighted by molar-refractivity contribution is 5.69. The fourth-order valence-corrected chi connectivity index (χ4v) is 1.28. The van der Waals surface area contributed by atoms with Crippen molar-refractivity contribution >= 4 is 17.1 Å². The number of quaternary nitrogens is 1. The predicted octanol–water partition coefficient (Wildman–Crippen LogP) is 1.80. The monoisotopic (exact) mass is 261 g/mol. The molecule has 0 amide bonds. The first-order valence-electron chi connectivity index (χ1n) is 4.07.